The van der Waals surface area contributed by atoms with Crippen LogP contribution in [-0.4, -0.2) is 39.6 Å². The second-order valence-electron chi connectivity index (χ2n) is 6.87. The first-order chi connectivity index (χ1) is 10.8. The quantitative estimate of drug-likeness (QED) is 0.622. The lowest BCUT2D eigenvalue weighted by atomic mass is 9.96. The third-order valence-corrected chi connectivity index (χ3v) is 3.32. The molecule has 0 bridgehead atoms. The highest BCUT2D eigenvalue weighted by Gasteiger charge is 2.19. The van der Waals surface area contributed by atoms with Crippen molar-refractivity contribution < 1.29 is 14.4 Å². The Balaban J connectivity index is 2.18. The minimum atomic E-state index is -0.444. The van der Waals surface area contributed by atoms with Crippen LogP contribution in [0.1, 0.15) is 33.1 Å². The fraction of sp³-hybridized carbons (Fsp3) is 0.562. The van der Waals surface area contributed by atoms with E-state index in [9.17, 15) is 10.1 Å². The van der Waals surface area contributed by atoms with E-state index in [1.807, 2.05) is 0 Å². The highest BCUT2D eigenvalue weighted by atomic mass is 16.6. The molecule has 1 N–H and O–H groups in total. The van der Waals surface area contributed by atoms with Gasteiger partial charge in [0.05, 0.1) is 11.5 Å². The van der Waals surface area contributed by atoms with Crippen LogP contribution in [0.4, 0.5) is 5.69 Å². The van der Waals surface area contributed by atoms with Crippen molar-refractivity contribution in [2.75, 3.05) is 19.7 Å². The number of nitrogens with zero attached hydrogens (tertiary/aromatic N) is 3. The lowest BCUT2D eigenvalue weighted by Crippen LogP contribution is -2.33. The third kappa shape index (κ3) is 5.01. The number of benzene rings is 1. The van der Waals surface area contributed by atoms with E-state index in [-0.39, 0.29) is 17.7 Å². The van der Waals surface area contributed by atoms with Gasteiger partial charge in [-0.3, -0.25) is 15.0 Å². The molecular weight excluding hydrogens is 298 g/mol. The van der Waals surface area contributed by atoms with Crippen molar-refractivity contribution in [3.05, 3.63) is 34.2 Å². The Labute approximate surface area is 135 Å². The van der Waals surface area contributed by atoms with Crippen molar-refractivity contribution in [2.45, 2.75) is 33.7 Å². The maximum Gasteiger partial charge on any atom is 0.271 e. The molecule has 0 aliphatic rings. The molecule has 7 nitrogen and oxygen atoms in total. The molecule has 0 amide bonds. The molecule has 1 aromatic carbocycles. The van der Waals surface area contributed by atoms with E-state index in [4.69, 9.17) is 9.52 Å². The molecule has 0 unspecified atom stereocenters. The minimum absolute atomic E-state index is 0.00387. The minimum Gasteiger partial charge on any atom is -0.439 e. The van der Waals surface area contributed by atoms with Gasteiger partial charge in [0, 0.05) is 31.8 Å². The Bertz CT molecular complexity index is 676. The van der Waals surface area contributed by atoms with Gasteiger partial charge in [-0.25, -0.2) is 4.98 Å². The van der Waals surface area contributed by atoms with E-state index in [1.165, 1.54) is 12.1 Å². The number of fused-ring (bicyclic) bond motifs is 1. The normalized spacial score (nSPS) is 12.2. The summed E-state index contributed by atoms with van der Waals surface area (Å²) in [6.45, 7) is 8.68. The second-order valence-corrected chi connectivity index (χ2v) is 6.87. The average Bonchev–Trinajstić information content (AvgIpc) is 2.84. The SMILES string of the molecule is CC(C)(C)CN(CCCO)Cc1nc2cc([N+](=O)[O-])ccc2o1. The van der Waals surface area contributed by atoms with Gasteiger partial charge in [0.15, 0.2) is 5.58 Å². The van der Waals surface area contributed by atoms with Gasteiger partial charge < -0.3 is 9.52 Å². The molecule has 126 valence electrons. The molecule has 0 spiro atoms. The summed E-state index contributed by atoms with van der Waals surface area (Å²) in [5.41, 5.74) is 1.15. The molecule has 0 aliphatic heterocycles. The molecule has 0 radical (unpaired) electrons. The molecule has 23 heavy (non-hydrogen) atoms. The molecule has 2 aromatic rings. The van der Waals surface area contributed by atoms with E-state index in [2.05, 4.69) is 30.7 Å². The van der Waals surface area contributed by atoms with Gasteiger partial charge in [0.2, 0.25) is 5.89 Å². The molecule has 2 rings (SSSR count). The zero-order valence-corrected chi connectivity index (χ0v) is 13.8. The fourth-order valence-electron chi connectivity index (χ4n) is 2.52. The van der Waals surface area contributed by atoms with E-state index < -0.39 is 4.92 Å². The number of hydrogen-bond acceptors (Lipinski definition) is 6. The molecular formula is C16H23N3O4. The first kappa shape index (κ1) is 17.4. The van der Waals surface area contributed by atoms with Crippen LogP contribution in [0.2, 0.25) is 0 Å². The second kappa shape index (κ2) is 7.06. The van der Waals surface area contributed by atoms with E-state index in [0.29, 0.717) is 30.0 Å². The molecule has 1 heterocycles. The Hall–Kier alpha value is -1.99. The van der Waals surface area contributed by atoms with Crippen LogP contribution in [-0.2, 0) is 6.54 Å². The number of nitro benzene ring substituents is 1. The van der Waals surface area contributed by atoms with Crippen LogP contribution < -0.4 is 0 Å². The number of aromatic nitrogens is 1. The highest BCUT2D eigenvalue weighted by Crippen LogP contribution is 2.23. The molecule has 1 aromatic heterocycles. The van der Waals surface area contributed by atoms with Gasteiger partial charge >= 0.3 is 0 Å². The summed E-state index contributed by atoms with van der Waals surface area (Å²) in [7, 11) is 0. The summed E-state index contributed by atoms with van der Waals surface area (Å²) in [6.07, 6.45) is 0.682. The molecule has 0 atom stereocenters. The van der Waals surface area contributed by atoms with Gasteiger partial charge in [-0.1, -0.05) is 20.8 Å². The van der Waals surface area contributed by atoms with Crippen molar-refractivity contribution in [3.8, 4) is 0 Å². The lowest BCUT2D eigenvalue weighted by molar-refractivity contribution is -0.384. The van der Waals surface area contributed by atoms with Crippen molar-refractivity contribution in [1.29, 1.82) is 0 Å². The number of non-ortho nitro benzene ring substituents is 1. The van der Waals surface area contributed by atoms with Crippen LogP contribution in [0, 0.1) is 15.5 Å². The average molecular weight is 321 g/mol. The zero-order chi connectivity index (χ0) is 17.0. The number of aliphatic hydroxyl groups excluding tert-OH is 1. The van der Waals surface area contributed by atoms with E-state index >= 15 is 0 Å². The predicted molar refractivity (Wildman–Crippen MR) is 87.1 cm³/mol. The summed E-state index contributed by atoms with van der Waals surface area (Å²) >= 11 is 0. The number of oxazole rings is 1. The van der Waals surface area contributed by atoms with Crippen LogP contribution in [0.3, 0.4) is 0 Å². The molecule has 0 saturated heterocycles. The van der Waals surface area contributed by atoms with Crippen LogP contribution in [0.5, 0.6) is 0 Å². The standard InChI is InChI=1S/C16H23N3O4/c1-16(2,3)11-18(7-4-8-20)10-15-17-13-9-12(19(21)22)5-6-14(13)23-15/h5-6,9,20H,4,7-8,10-11H2,1-3H3. The lowest BCUT2D eigenvalue weighted by Gasteiger charge is -2.28. The molecule has 7 heteroatoms. The van der Waals surface area contributed by atoms with Gasteiger partial charge in [-0.2, -0.15) is 0 Å². The number of rotatable bonds is 7. The molecule has 0 aliphatic carbocycles. The summed E-state index contributed by atoms with van der Waals surface area (Å²) < 4.78 is 5.69. The van der Waals surface area contributed by atoms with E-state index in [0.717, 1.165) is 13.1 Å². The predicted octanol–water partition coefficient (Wildman–Crippen LogP) is 2.97. The highest BCUT2D eigenvalue weighted by molar-refractivity contribution is 5.75. The van der Waals surface area contributed by atoms with Crippen molar-refractivity contribution in [3.63, 3.8) is 0 Å². The van der Waals surface area contributed by atoms with Crippen molar-refractivity contribution in [2.24, 2.45) is 5.41 Å². The summed E-state index contributed by atoms with van der Waals surface area (Å²) in [5.74, 6) is 0.530. The summed E-state index contributed by atoms with van der Waals surface area (Å²) in [5, 5.41) is 19.9. The smallest absolute Gasteiger partial charge is 0.271 e. The maximum atomic E-state index is 10.8. The Kier molecular flexibility index (Phi) is 5.33. The van der Waals surface area contributed by atoms with Crippen molar-refractivity contribution >= 4 is 16.8 Å². The monoisotopic (exact) mass is 321 g/mol. The molecule has 0 fully saturated rings. The Morgan fingerprint density at radius 2 is 2.13 bits per heavy atom. The number of nitro groups is 1. The fourth-order valence-corrected chi connectivity index (χ4v) is 2.52. The summed E-state index contributed by atoms with van der Waals surface area (Å²) in [4.78, 5) is 16.9. The molecule has 0 saturated carbocycles. The Morgan fingerprint density at radius 1 is 1.39 bits per heavy atom. The van der Waals surface area contributed by atoms with Crippen molar-refractivity contribution in [1.82, 2.24) is 9.88 Å². The Morgan fingerprint density at radius 3 is 2.74 bits per heavy atom. The third-order valence-electron chi connectivity index (χ3n) is 3.32. The van der Waals surface area contributed by atoms with Gasteiger partial charge in [-0.05, 0) is 17.9 Å². The van der Waals surface area contributed by atoms with Crippen LogP contribution in [0.15, 0.2) is 22.6 Å². The first-order valence-electron chi connectivity index (χ1n) is 7.65. The van der Waals surface area contributed by atoms with Crippen LogP contribution in [0.25, 0.3) is 11.1 Å². The maximum absolute atomic E-state index is 10.8. The van der Waals surface area contributed by atoms with Gasteiger partial charge in [0.25, 0.3) is 5.69 Å². The largest absolute Gasteiger partial charge is 0.439 e. The first-order valence-corrected chi connectivity index (χ1v) is 7.65. The number of hydrogen-bond donors (Lipinski definition) is 1. The van der Waals surface area contributed by atoms with E-state index in [1.54, 1.807) is 6.07 Å². The topological polar surface area (TPSA) is 92.6 Å². The van der Waals surface area contributed by atoms with Crippen LogP contribution >= 0.6 is 0 Å². The zero-order valence-electron chi connectivity index (χ0n) is 13.8. The summed E-state index contributed by atoms with van der Waals surface area (Å²) in [6, 6.07) is 4.41. The van der Waals surface area contributed by atoms with Gasteiger partial charge in [0.1, 0.15) is 5.52 Å². The van der Waals surface area contributed by atoms with Gasteiger partial charge in [-0.15, -0.1) is 0 Å². The number of aliphatic hydroxyl groups is 1.